The zero-order valence-corrected chi connectivity index (χ0v) is 13.0. The minimum Gasteiger partial charge on any atom is -0.481 e. The van der Waals surface area contributed by atoms with E-state index in [1.807, 2.05) is 6.92 Å². The van der Waals surface area contributed by atoms with E-state index in [1.165, 1.54) is 22.3 Å². The number of benzene rings is 1. The van der Waals surface area contributed by atoms with Crippen LogP contribution in [0.2, 0.25) is 0 Å². The molecule has 1 fully saturated rings. The molecule has 0 aromatic heterocycles. The van der Waals surface area contributed by atoms with Crippen molar-refractivity contribution in [3.63, 3.8) is 0 Å². The van der Waals surface area contributed by atoms with Crippen LogP contribution in [0.25, 0.3) is 0 Å². The van der Waals surface area contributed by atoms with E-state index >= 15 is 0 Å². The maximum Gasteiger partial charge on any atom is 0.309 e. The number of likely N-dealkylation sites (tertiary alicyclic amines) is 1. The molecule has 0 radical (unpaired) electrons. The van der Waals surface area contributed by atoms with Crippen molar-refractivity contribution >= 4 is 5.97 Å². The molecule has 1 aliphatic rings. The maximum atomic E-state index is 11.3. The van der Waals surface area contributed by atoms with Crippen molar-refractivity contribution in [2.45, 2.75) is 47.1 Å². The monoisotopic (exact) mass is 275 g/mol. The number of hydrogen-bond acceptors (Lipinski definition) is 2. The van der Waals surface area contributed by atoms with Crippen LogP contribution in [-0.4, -0.2) is 29.1 Å². The van der Waals surface area contributed by atoms with E-state index in [0.29, 0.717) is 0 Å². The molecule has 1 aromatic carbocycles. The Labute approximate surface area is 121 Å². The minimum atomic E-state index is -0.653. The van der Waals surface area contributed by atoms with Gasteiger partial charge in [-0.2, -0.15) is 0 Å². The highest BCUT2D eigenvalue weighted by atomic mass is 16.4. The van der Waals surface area contributed by atoms with Crippen LogP contribution in [0.15, 0.2) is 12.1 Å². The summed E-state index contributed by atoms with van der Waals surface area (Å²) >= 11 is 0. The molecular formula is C17H25NO2. The van der Waals surface area contributed by atoms with Crippen molar-refractivity contribution in [2.75, 3.05) is 13.1 Å². The van der Waals surface area contributed by atoms with Gasteiger partial charge in [0, 0.05) is 6.54 Å². The van der Waals surface area contributed by atoms with E-state index in [2.05, 4.69) is 37.8 Å². The number of rotatable bonds is 3. The Hall–Kier alpha value is -1.35. The molecule has 1 heterocycles. The van der Waals surface area contributed by atoms with Gasteiger partial charge in [-0.1, -0.05) is 12.1 Å². The Bertz CT molecular complexity index is 514. The van der Waals surface area contributed by atoms with Gasteiger partial charge in [-0.05, 0) is 75.9 Å². The van der Waals surface area contributed by atoms with Gasteiger partial charge in [0.2, 0.25) is 0 Å². The third kappa shape index (κ3) is 3.04. The zero-order chi connectivity index (χ0) is 14.9. The van der Waals surface area contributed by atoms with Gasteiger partial charge in [-0.3, -0.25) is 9.69 Å². The summed E-state index contributed by atoms with van der Waals surface area (Å²) in [5.41, 5.74) is 4.84. The number of hydrogen-bond donors (Lipinski definition) is 1. The molecule has 3 heteroatoms. The molecule has 1 aromatic rings. The van der Waals surface area contributed by atoms with Gasteiger partial charge in [0.15, 0.2) is 0 Å². The first-order chi connectivity index (χ1) is 9.32. The number of carbonyl (C=O) groups is 1. The van der Waals surface area contributed by atoms with Crippen LogP contribution in [0.3, 0.4) is 0 Å². The van der Waals surface area contributed by atoms with E-state index in [0.717, 1.165) is 32.5 Å². The summed E-state index contributed by atoms with van der Waals surface area (Å²) in [5.74, 6) is -0.653. The lowest BCUT2D eigenvalue weighted by Gasteiger charge is -2.36. The molecule has 0 unspecified atom stereocenters. The molecule has 0 amide bonds. The van der Waals surface area contributed by atoms with Crippen LogP contribution in [0.4, 0.5) is 0 Å². The fourth-order valence-corrected chi connectivity index (χ4v) is 2.85. The molecule has 3 nitrogen and oxygen atoms in total. The summed E-state index contributed by atoms with van der Waals surface area (Å²) in [6, 6.07) is 4.52. The molecule has 1 aliphatic heterocycles. The standard InChI is InChI=1S/C17H25NO2/c1-12-9-14(3)15(10-13(12)2)11-18-7-5-17(4,6-8-18)16(19)20/h9-10H,5-8,11H2,1-4H3,(H,19,20). The minimum absolute atomic E-state index is 0.533. The average molecular weight is 275 g/mol. The average Bonchev–Trinajstić information content (AvgIpc) is 2.38. The van der Waals surface area contributed by atoms with Crippen molar-refractivity contribution in [2.24, 2.45) is 5.41 Å². The Morgan fingerprint density at radius 2 is 1.70 bits per heavy atom. The second kappa shape index (κ2) is 5.57. The Morgan fingerprint density at radius 3 is 2.25 bits per heavy atom. The summed E-state index contributed by atoms with van der Waals surface area (Å²) in [6.45, 7) is 11.0. The quantitative estimate of drug-likeness (QED) is 0.920. The summed E-state index contributed by atoms with van der Waals surface area (Å²) in [7, 11) is 0. The first-order valence-corrected chi connectivity index (χ1v) is 7.34. The van der Waals surface area contributed by atoms with E-state index in [4.69, 9.17) is 0 Å². The van der Waals surface area contributed by atoms with Gasteiger partial charge in [-0.25, -0.2) is 0 Å². The molecule has 2 rings (SSSR count). The van der Waals surface area contributed by atoms with Crippen molar-refractivity contribution in [1.82, 2.24) is 4.90 Å². The molecule has 0 atom stereocenters. The summed E-state index contributed by atoms with van der Waals surface area (Å²) in [5, 5.41) is 9.27. The first-order valence-electron chi connectivity index (χ1n) is 7.34. The highest BCUT2D eigenvalue weighted by Gasteiger charge is 2.36. The molecule has 20 heavy (non-hydrogen) atoms. The molecule has 1 N–H and O–H groups in total. The van der Waals surface area contributed by atoms with Crippen LogP contribution < -0.4 is 0 Å². The van der Waals surface area contributed by atoms with Crippen molar-refractivity contribution in [3.05, 3.63) is 34.4 Å². The largest absolute Gasteiger partial charge is 0.481 e. The molecular weight excluding hydrogens is 250 g/mol. The zero-order valence-electron chi connectivity index (χ0n) is 13.0. The second-order valence-electron chi connectivity index (χ2n) is 6.50. The fourth-order valence-electron chi connectivity index (χ4n) is 2.85. The van der Waals surface area contributed by atoms with Crippen LogP contribution >= 0.6 is 0 Å². The van der Waals surface area contributed by atoms with E-state index in [9.17, 15) is 9.90 Å². The summed E-state index contributed by atoms with van der Waals surface area (Å²) < 4.78 is 0. The van der Waals surface area contributed by atoms with E-state index < -0.39 is 11.4 Å². The highest BCUT2D eigenvalue weighted by Crippen LogP contribution is 2.32. The van der Waals surface area contributed by atoms with Crippen LogP contribution in [0, 0.1) is 26.2 Å². The molecule has 1 saturated heterocycles. The van der Waals surface area contributed by atoms with E-state index in [-0.39, 0.29) is 0 Å². The Balaban J connectivity index is 2.03. The molecule has 0 bridgehead atoms. The lowest BCUT2D eigenvalue weighted by atomic mass is 9.80. The topological polar surface area (TPSA) is 40.5 Å². The van der Waals surface area contributed by atoms with Gasteiger partial charge in [-0.15, -0.1) is 0 Å². The number of nitrogens with zero attached hydrogens (tertiary/aromatic N) is 1. The molecule has 0 aliphatic carbocycles. The maximum absolute atomic E-state index is 11.3. The fraction of sp³-hybridized carbons (Fsp3) is 0.588. The highest BCUT2D eigenvalue weighted by molar-refractivity contribution is 5.74. The van der Waals surface area contributed by atoms with Gasteiger partial charge < -0.3 is 5.11 Å². The molecule has 0 saturated carbocycles. The van der Waals surface area contributed by atoms with Crippen molar-refractivity contribution in [3.8, 4) is 0 Å². The van der Waals surface area contributed by atoms with Crippen molar-refractivity contribution in [1.29, 1.82) is 0 Å². The van der Waals surface area contributed by atoms with Gasteiger partial charge in [0.1, 0.15) is 0 Å². The van der Waals surface area contributed by atoms with Gasteiger partial charge in [0.05, 0.1) is 5.41 Å². The van der Waals surface area contributed by atoms with Gasteiger partial charge in [0.25, 0.3) is 0 Å². The SMILES string of the molecule is Cc1cc(C)c(CN2CCC(C)(C(=O)O)CC2)cc1C. The van der Waals surface area contributed by atoms with Crippen molar-refractivity contribution < 1.29 is 9.90 Å². The van der Waals surface area contributed by atoms with Crippen LogP contribution in [0.5, 0.6) is 0 Å². The summed E-state index contributed by atoms with van der Waals surface area (Å²) in [4.78, 5) is 13.6. The Morgan fingerprint density at radius 1 is 1.15 bits per heavy atom. The smallest absolute Gasteiger partial charge is 0.309 e. The third-order valence-electron chi connectivity index (χ3n) is 4.82. The second-order valence-corrected chi connectivity index (χ2v) is 6.50. The van der Waals surface area contributed by atoms with Gasteiger partial charge >= 0.3 is 5.97 Å². The third-order valence-corrected chi connectivity index (χ3v) is 4.82. The normalized spacial score (nSPS) is 19.0. The Kier molecular flexibility index (Phi) is 4.19. The lowest BCUT2D eigenvalue weighted by Crippen LogP contribution is -2.42. The number of aryl methyl sites for hydroxylation is 3. The molecule has 110 valence electrons. The number of carboxylic acids is 1. The number of aliphatic carboxylic acids is 1. The van der Waals surface area contributed by atoms with E-state index in [1.54, 1.807) is 0 Å². The number of carboxylic acid groups (broad SMARTS) is 1. The predicted octanol–water partition coefficient (Wildman–Crippen LogP) is 3.30. The molecule has 0 spiro atoms. The van der Waals surface area contributed by atoms with Crippen LogP contribution in [0.1, 0.15) is 42.0 Å². The predicted molar refractivity (Wildman–Crippen MR) is 80.9 cm³/mol. The first kappa shape index (κ1) is 15.0. The van der Waals surface area contributed by atoms with Crippen LogP contribution in [-0.2, 0) is 11.3 Å². The summed E-state index contributed by atoms with van der Waals surface area (Å²) in [6.07, 6.45) is 1.48. The lowest BCUT2D eigenvalue weighted by molar-refractivity contribution is -0.150. The number of piperidine rings is 1.